The van der Waals surface area contributed by atoms with E-state index in [2.05, 4.69) is 4.98 Å². The van der Waals surface area contributed by atoms with Gasteiger partial charge in [-0.15, -0.1) is 0 Å². The third-order valence-corrected chi connectivity index (χ3v) is 4.24. The first kappa shape index (κ1) is 14.3. The lowest BCUT2D eigenvalue weighted by Crippen LogP contribution is -2.27. The maximum atomic E-state index is 13.1. The second-order valence-corrected chi connectivity index (χ2v) is 5.95. The van der Waals surface area contributed by atoms with Crippen molar-refractivity contribution in [2.75, 3.05) is 18.8 Å². The van der Waals surface area contributed by atoms with Crippen molar-refractivity contribution in [3.8, 4) is 0 Å². The van der Waals surface area contributed by atoms with E-state index in [0.717, 1.165) is 38.1 Å². The van der Waals surface area contributed by atoms with E-state index in [0.29, 0.717) is 17.4 Å². The fraction of sp³-hybridized carbons (Fsp3) is 0.429. The monoisotopic (exact) mass is 312 g/mol. The maximum Gasteiger partial charge on any atom is 0.256 e. The van der Waals surface area contributed by atoms with Gasteiger partial charge in [0.05, 0.1) is 0 Å². The molecule has 0 N–H and O–H groups in total. The quantitative estimate of drug-likeness (QED) is 0.813. The van der Waals surface area contributed by atoms with Gasteiger partial charge in [0.15, 0.2) is 17.2 Å². The molecule has 1 aliphatic heterocycles. The lowest BCUT2D eigenvalue weighted by atomic mass is 10.3. The van der Waals surface area contributed by atoms with E-state index in [-0.39, 0.29) is 17.0 Å². The van der Waals surface area contributed by atoms with Gasteiger partial charge in [-0.3, -0.25) is 4.79 Å². The molecule has 1 aliphatic rings. The predicted molar refractivity (Wildman–Crippen MR) is 75.1 cm³/mol. The van der Waals surface area contributed by atoms with E-state index in [1.165, 1.54) is 11.8 Å². The summed E-state index contributed by atoms with van der Waals surface area (Å²) in [5.74, 6) is -1.24. The largest absolute Gasteiger partial charge is 0.431 e. The highest BCUT2D eigenvalue weighted by molar-refractivity contribution is 7.99. The summed E-state index contributed by atoms with van der Waals surface area (Å²) in [5.41, 5.74) is 0.490. The summed E-state index contributed by atoms with van der Waals surface area (Å²) < 4.78 is 31.5. The number of fused-ring (bicyclic) bond motifs is 1. The smallest absolute Gasteiger partial charge is 0.256 e. The third kappa shape index (κ3) is 3.18. The first-order valence-corrected chi connectivity index (χ1v) is 7.78. The summed E-state index contributed by atoms with van der Waals surface area (Å²) in [6, 6.07) is 1.99. The fourth-order valence-electron chi connectivity index (χ4n) is 2.31. The van der Waals surface area contributed by atoms with Crippen molar-refractivity contribution >= 4 is 28.8 Å². The molecule has 0 aliphatic carbocycles. The number of rotatable bonds is 4. The van der Waals surface area contributed by atoms with Gasteiger partial charge in [-0.1, -0.05) is 11.8 Å². The van der Waals surface area contributed by atoms with Gasteiger partial charge < -0.3 is 9.32 Å². The Labute approximate surface area is 124 Å². The van der Waals surface area contributed by atoms with Crippen LogP contribution in [-0.4, -0.2) is 34.6 Å². The average Bonchev–Trinajstić information content (AvgIpc) is 3.08. The van der Waals surface area contributed by atoms with E-state index in [9.17, 15) is 13.6 Å². The molecule has 0 spiro atoms. The number of aromatic nitrogens is 1. The zero-order chi connectivity index (χ0) is 14.8. The molecular formula is C14H14F2N2O2S. The number of benzene rings is 1. The minimum atomic E-state index is -0.959. The van der Waals surface area contributed by atoms with Crippen LogP contribution in [0.15, 0.2) is 21.8 Å². The number of amides is 1. The van der Waals surface area contributed by atoms with Crippen LogP contribution < -0.4 is 0 Å². The Bertz CT molecular complexity index is 629. The predicted octanol–water partition coefficient (Wildman–Crippen LogP) is 3.21. The lowest BCUT2D eigenvalue weighted by molar-refractivity contribution is -0.129. The summed E-state index contributed by atoms with van der Waals surface area (Å²) in [7, 11) is 0. The van der Waals surface area contributed by atoms with Gasteiger partial charge in [-0.2, -0.15) is 0 Å². The van der Waals surface area contributed by atoms with Crippen LogP contribution in [0.2, 0.25) is 0 Å². The van der Waals surface area contributed by atoms with Crippen molar-refractivity contribution in [2.24, 2.45) is 0 Å². The van der Waals surface area contributed by atoms with E-state index in [4.69, 9.17) is 4.42 Å². The van der Waals surface area contributed by atoms with Gasteiger partial charge in [-0.05, 0) is 12.8 Å². The van der Waals surface area contributed by atoms with Crippen LogP contribution in [0.4, 0.5) is 8.78 Å². The molecule has 0 radical (unpaired) electrons. The van der Waals surface area contributed by atoms with Gasteiger partial charge >= 0.3 is 0 Å². The van der Waals surface area contributed by atoms with Crippen LogP contribution in [0.1, 0.15) is 19.3 Å². The average molecular weight is 312 g/mol. The minimum absolute atomic E-state index is 0.133. The second-order valence-electron chi connectivity index (χ2n) is 4.90. The summed E-state index contributed by atoms with van der Waals surface area (Å²) in [6.07, 6.45) is 2.55. The summed E-state index contributed by atoms with van der Waals surface area (Å²) in [5, 5.41) is 0.323. The van der Waals surface area contributed by atoms with Crippen molar-refractivity contribution in [3.63, 3.8) is 0 Å². The van der Waals surface area contributed by atoms with Crippen LogP contribution >= 0.6 is 11.8 Å². The summed E-state index contributed by atoms with van der Waals surface area (Å²) in [6.45, 7) is 1.68. The number of thioether (sulfide) groups is 1. The highest BCUT2D eigenvalue weighted by Crippen LogP contribution is 2.25. The van der Waals surface area contributed by atoms with Crippen LogP contribution in [0.5, 0.6) is 0 Å². The molecule has 4 nitrogen and oxygen atoms in total. The van der Waals surface area contributed by atoms with E-state index < -0.39 is 11.6 Å². The van der Waals surface area contributed by atoms with Gasteiger partial charge in [0, 0.05) is 37.4 Å². The van der Waals surface area contributed by atoms with Gasteiger partial charge in [0.1, 0.15) is 5.52 Å². The van der Waals surface area contributed by atoms with Gasteiger partial charge in [0.25, 0.3) is 5.22 Å². The second kappa shape index (κ2) is 6.01. The lowest BCUT2D eigenvalue weighted by Gasteiger charge is -2.14. The van der Waals surface area contributed by atoms with E-state index in [1.807, 2.05) is 4.90 Å². The fourth-order valence-corrected chi connectivity index (χ4v) is 3.08. The molecule has 7 heteroatoms. The van der Waals surface area contributed by atoms with E-state index in [1.54, 1.807) is 0 Å². The van der Waals surface area contributed by atoms with Crippen molar-refractivity contribution in [1.29, 1.82) is 0 Å². The maximum absolute atomic E-state index is 13.1. The Kier molecular flexibility index (Phi) is 4.10. The van der Waals surface area contributed by atoms with E-state index >= 15 is 0 Å². The number of halogens is 2. The molecule has 1 fully saturated rings. The van der Waals surface area contributed by atoms with Crippen molar-refractivity contribution in [3.05, 3.63) is 23.8 Å². The zero-order valence-corrected chi connectivity index (χ0v) is 12.1. The normalized spacial score (nSPS) is 15.0. The number of nitrogens with zero attached hydrogens (tertiary/aromatic N) is 2. The number of hydrogen-bond acceptors (Lipinski definition) is 4. The molecule has 3 rings (SSSR count). The molecule has 1 aromatic carbocycles. The molecule has 0 bridgehead atoms. The number of hydrogen-bond donors (Lipinski definition) is 0. The SMILES string of the molecule is O=C(CCSc1nc2cc(F)c(F)cc2o1)N1CCCC1. The summed E-state index contributed by atoms with van der Waals surface area (Å²) >= 11 is 1.27. The molecule has 2 aromatic rings. The molecule has 21 heavy (non-hydrogen) atoms. The van der Waals surface area contributed by atoms with Crippen molar-refractivity contribution in [2.45, 2.75) is 24.5 Å². The van der Waals surface area contributed by atoms with Crippen molar-refractivity contribution in [1.82, 2.24) is 9.88 Å². The van der Waals surface area contributed by atoms with Crippen LogP contribution in [0.3, 0.4) is 0 Å². The molecule has 1 saturated heterocycles. The molecule has 112 valence electrons. The molecule has 0 unspecified atom stereocenters. The minimum Gasteiger partial charge on any atom is -0.431 e. The number of oxazole rings is 1. The zero-order valence-electron chi connectivity index (χ0n) is 11.3. The van der Waals surface area contributed by atoms with Crippen LogP contribution in [-0.2, 0) is 4.79 Å². The molecule has 1 aromatic heterocycles. The Morgan fingerprint density at radius 2 is 2.00 bits per heavy atom. The molecular weight excluding hydrogens is 298 g/mol. The van der Waals surface area contributed by atoms with Crippen LogP contribution in [0.25, 0.3) is 11.1 Å². The Morgan fingerprint density at radius 1 is 1.29 bits per heavy atom. The number of carbonyl (C=O) groups is 1. The van der Waals surface area contributed by atoms with Gasteiger partial charge in [0.2, 0.25) is 5.91 Å². The molecule has 1 amide bonds. The summed E-state index contributed by atoms with van der Waals surface area (Å²) in [4.78, 5) is 17.8. The van der Waals surface area contributed by atoms with Crippen molar-refractivity contribution < 1.29 is 18.0 Å². The van der Waals surface area contributed by atoms with Gasteiger partial charge in [-0.25, -0.2) is 13.8 Å². The standard InChI is InChI=1S/C14H14F2N2O2S/c15-9-7-11-12(8-10(9)16)20-14(17-11)21-6-3-13(19)18-4-1-2-5-18/h7-8H,1-6H2. The molecule has 2 heterocycles. The third-order valence-electron chi connectivity index (χ3n) is 3.41. The highest BCUT2D eigenvalue weighted by Gasteiger charge is 2.18. The molecule has 0 atom stereocenters. The highest BCUT2D eigenvalue weighted by atomic mass is 32.2. The topological polar surface area (TPSA) is 46.3 Å². The number of carbonyl (C=O) groups excluding carboxylic acids is 1. The first-order chi connectivity index (χ1) is 10.1. The Balaban J connectivity index is 1.59. The Morgan fingerprint density at radius 3 is 2.76 bits per heavy atom. The number of likely N-dealkylation sites (tertiary alicyclic amines) is 1. The van der Waals surface area contributed by atoms with Crippen LogP contribution in [0, 0.1) is 11.6 Å². The Hall–Kier alpha value is -1.63. The molecule has 0 saturated carbocycles. The first-order valence-electron chi connectivity index (χ1n) is 6.79.